The zero-order valence-corrected chi connectivity index (χ0v) is 18.1. The van der Waals surface area contributed by atoms with Crippen LogP contribution in [0.4, 0.5) is 5.69 Å². The van der Waals surface area contributed by atoms with Crippen molar-refractivity contribution in [3.63, 3.8) is 0 Å². The molecule has 1 amide bonds. The number of anilines is 1. The first-order valence-electron chi connectivity index (χ1n) is 10.1. The summed E-state index contributed by atoms with van der Waals surface area (Å²) in [6, 6.07) is 14.0. The Balaban J connectivity index is 2.08. The van der Waals surface area contributed by atoms with Crippen LogP contribution in [0.15, 0.2) is 48.5 Å². The molecule has 0 atom stereocenters. The van der Waals surface area contributed by atoms with Gasteiger partial charge in [0, 0.05) is 38.9 Å². The highest BCUT2D eigenvalue weighted by atomic mass is 16.5. The number of carbonyl (C=O) groups excluding carboxylic acids is 1. The molecule has 0 spiro atoms. The van der Waals surface area contributed by atoms with E-state index in [0.29, 0.717) is 37.8 Å². The highest BCUT2D eigenvalue weighted by Crippen LogP contribution is 2.29. The van der Waals surface area contributed by atoms with Crippen LogP contribution in [-0.4, -0.2) is 44.7 Å². The molecule has 2 aromatic carbocycles. The summed E-state index contributed by atoms with van der Waals surface area (Å²) >= 11 is 0. The summed E-state index contributed by atoms with van der Waals surface area (Å²) in [6.07, 6.45) is 3.43. The van der Waals surface area contributed by atoms with Crippen LogP contribution < -0.4 is 14.4 Å². The second-order valence-electron chi connectivity index (χ2n) is 6.82. The minimum absolute atomic E-state index is 0.0176. The van der Waals surface area contributed by atoms with Gasteiger partial charge in [0.25, 0.3) is 0 Å². The van der Waals surface area contributed by atoms with Crippen LogP contribution in [0.5, 0.6) is 11.5 Å². The molecule has 0 radical (unpaired) electrons. The van der Waals surface area contributed by atoms with Gasteiger partial charge in [-0.2, -0.15) is 0 Å². The molecule has 0 bridgehead atoms. The van der Waals surface area contributed by atoms with E-state index in [9.17, 15) is 4.79 Å². The molecule has 5 nitrogen and oxygen atoms in total. The Kier molecular flexibility index (Phi) is 8.59. The number of amides is 1. The van der Waals surface area contributed by atoms with E-state index in [0.717, 1.165) is 16.8 Å². The maximum Gasteiger partial charge on any atom is 0.246 e. The quantitative estimate of drug-likeness (QED) is 0.550. The Bertz CT molecular complexity index is 813. The lowest BCUT2D eigenvalue weighted by atomic mass is 10.1. The fraction of sp³-hybridized carbons (Fsp3) is 0.375. The van der Waals surface area contributed by atoms with Crippen molar-refractivity contribution in [3.8, 4) is 11.5 Å². The van der Waals surface area contributed by atoms with Crippen LogP contribution in [0.1, 0.15) is 31.9 Å². The van der Waals surface area contributed by atoms with Gasteiger partial charge < -0.3 is 19.3 Å². The van der Waals surface area contributed by atoms with Crippen molar-refractivity contribution in [2.75, 3.05) is 38.8 Å². The van der Waals surface area contributed by atoms with Gasteiger partial charge in [0.15, 0.2) is 11.5 Å². The molecule has 0 fully saturated rings. The fourth-order valence-corrected chi connectivity index (χ4v) is 2.91. The topological polar surface area (TPSA) is 42.0 Å². The summed E-state index contributed by atoms with van der Waals surface area (Å²) in [7, 11) is 4.03. The number of ether oxygens (including phenoxy) is 2. The molecule has 0 unspecified atom stereocenters. The van der Waals surface area contributed by atoms with Crippen LogP contribution in [0.25, 0.3) is 6.08 Å². The van der Waals surface area contributed by atoms with Gasteiger partial charge in [-0.3, -0.25) is 4.79 Å². The van der Waals surface area contributed by atoms with E-state index in [1.54, 1.807) is 6.08 Å². The van der Waals surface area contributed by atoms with Crippen molar-refractivity contribution < 1.29 is 14.3 Å². The largest absolute Gasteiger partial charge is 0.490 e. The van der Waals surface area contributed by atoms with E-state index < -0.39 is 0 Å². The number of hydrogen-bond acceptors (Lipinski definition) is 4. The van der Waals surface area contributed by atoms with Crippen LogP contribution in [-0.2, 0) is 11.3 Å². The van der Waals surface area contributed by atoms with Crippen molar-refractivity contribution >= 4 is 17.7 Å². The van der Waals surface area contributed by atoms with Crippen LogP contribution in [0.3, 0.4) is 0 Å². The predicted octanol–water partition coefficient (Wildman–Crippen LogP) is 4.61. The van der Waals surface area contributed by atoms with Crippen molar-refractivity contribution in [1.82, 2.24) is 4.90 Å². The zero-order chi connectivity index (χ0) is 21.2. The van der Waals surface area contributed by atoms with E-state index >= 15 is 0 Å². The lowest BCUT2D eigenvalue weighted by Crippen LogP contribution is -2.28. The number of nitrogens with zero attached hydrogens (tertiary/aromatic N) is 2. The zero-order valence-electron chi connectivity index (χ0n) is 18.1. The van der Waals surface area contributed by atoms with Gasteiger partial charge in [-0.15, -0.1) is 0 Å². The van der Waals surface area contributed by atoms with E-state index in [4.69, 9.17) is 9.47 Å². The average molecular weight is 397 g/mol. The molecule has 0 aliphatic heterocycles. The second-order valence-corrected chi connectivity index (χ2v) is 6.82. The summed E-state index contributed by atoms with van der Waals surface area (Å²) in [4.78, 5) is 16.6. The highest BCUT2D eigenvalue weighted by molar-refractivity contribution is 5.91. The summed E-state index contributed by atoms with van der Waals surface area (Å²) in [5.74, 6) is 1.39. The van der Waals surface area contributed by atoms with Crippen molar-refractivity contribution in [2.45, 2.75) is 27.3 Å². The van der Waals surface area contributed by atoms with Crippen molar-refractivity contribution in [1.29, 1.82) is 0 Å². The molecule has 156 valence electrons. The molecule has 0 N–H and O–H groups in total. The molecular weight excluding hydrogens is 364 g/mol. The third kappa shape index (κ3) is 6.56. The van der Waals surface area contributed by atoms with Gasteiger partial charge in [-0.1, -0.05) is 18.2 Å². The monoisotopic (exact) mass is 396 g/mol. The Hall–Kier alpha value is -2.95. The summed E-state index contributed by atoms with van der Waals surface area (Å²) in [6.45, 7) is 8.23. The molecule has 0 aliphatic rings. The molecule has 2 rings (SSSR count). The molecular formula is C24H32N2O3. The van der Waals surface area contributed by atoms with Crippen molar-refractivity contribution in [3.05, 3.63) is 59.7 Å². The Morgan fingerprint density at radius 2 is 1.59 bits per heavy atom. The minimum atomic E-state index is -0.0176. The molecule has 5 heteroatoms. The van der Waals surface area contributed by atoms with Crippen LogP contribution in [0.2, 0.25) is 0 Å². The van der Waals surface area contributed by atoms with E-state index in [-0.39, 0.29) is 5.91 Å². The Morgan fingerprint density at radius 3 is 2.17 bits per heavy atom. The number of likely N-dealkylation sites (N-methyl/N-ethyl adjacent to an activating group) is 1. The van der Waals surface area contributed by atoms with Crippen LogP contribution in [0, 0.1) is 0 Å². The first-order valence-corrected chi connectivity index (χ1v) is 10.1. The number of hydrogen-bond donors (Lipinski definition) is 0. The minimum Gasteiger partial charge on any atom is -0.490 e. The fourth-order valence-electron chi connectivity index (χ4n) is 2.91. The van der Waals surface area contributed by atoms with Gasteiger partial charge in [0.05, 0.1) is 13.2 Å². The van der Waals surface area contributed by atoms with Crippen LogP contribution >= 0.6 is 0 Å². The van der Waals surface area contributed by atoms with Gasteiger partial charge >= 0.3 is 0 Å². The van der Waals surface area contributed by atoms with E-state index in [1.165, 1.54) is 0 Å². The van der Waals surface area contributed by atoms with Crippen molar-refractivity contribution in [2.24, 2.45) is 0 Å². The predicted molar refractivity (Wildman–Crippen MR) is 120 cm³/mol. The molecule has 29 heavy (non-hydrogen) atoms. The first kappa shape index (κ1) is 22.3. The lowest BCUT2D eigenvalue weighted by molar-refractivity contribution is -0.126. The smallest absolute Gasteiger partial charge is 0.246 e. The third-order valence-corrected chi connectivity index (χ3v) is 4.51. The maximum atomic E-state index is 12.7. The number of rotatable bonds is 10. The second kappa shape index (κ2) is 11.1. The molecule has 0 aliphatic carbocycles. The maximum absolute atomic E-state index is 12.7. The molecule has 0 saturated heterocycles. The van der Waals surface area contributed by atoms with Gasteiger partial charge in [-0.05, 0) is 62.2 Å². The molecule has 0 heterocycles. The number of benzene rings is 2. The summed E-state index contributed by atoms with van der Waals surface area (Å²) < 4.78 is 11.2. The molecule has 2 aromatic rings. The SMILES string of the molecule is CCOc1ccc(/C=C/C(=O)N(CC)Cc2ccc(N(C)C)cc2)cc1OCC. The summed E-state index contributed by atoms with van der Waals surface area (Å²) in [5, 5.41) is 0. The van der Waals surface area contributed by atoms with E-state index in [2.05, 4.69) is 29.2 Å². The lowest BCUT2D eigenvalue weighted by Gasteiger charge is -2.20. The van der Waals surface area contributed by atoms with E-state index in [1.807, 2.05) is 64.0 Å². The number of carbonyl (C=O) groups is 1. The van der Waals surface area contributed by atoms with Gasteiger partial charge in [0.1, 0.15) is 0 Å². The molecule has 0 aromatic heterocycles. The summed E-state index contributed by atoms with van der Waals surface area (Å²) in [5.41, 5.74) is 3.15. The first-order chi connectivity index (χ1) is 14.0. The Labute approximate surface area is 174 Å². The Morgan fingerprint density at radius 1 is 0.931 bits per heavy atom. The van der Waals surface area contributed by atoms with Gasteiger partial charge in [0.2, 0.25) is 5.91 Å². The normalized spacial score (nSPS) is 10.8. The average Bonchev–Trinajstić information content (AvgIpc) is 2.72. The standard InChI is InChI=1S/C24H32N2O3/c1-6-26(18-20-9-13-21(14-10-20)25(4)5)24(27)16-12-19-11-15-22(28-7-2)23(17-19)29-8-3/h9-17H,6-8,18H2,1-5H3/b16-12+. The molecule has 0 saturated carbocycles. The third-order valence-electron chi connectivity index (χ3n) is 4.51. The van der Waals surface area contributed by atoms with Gasteiger partial charge in [-0.25, -0.2) is 0 Å². The highest BCUT2D eigenvalue weighted by Gasteiger charge is 2.10.